The van der Waals surface area contributed by atoms with Gasteiger partial charge < -0.3 is 15.2 Å². The molecule has 2 aromatic carbocycles. The maximum Gasteiger partial charge on any atom is 0.163 e. The summed E-state index contributed by atoms with van der Waals surface area (Å²) in [4.78, 5) is 0. The Morgan fingerprint density at radius 3 is 2.24 bits per heavy atom. The van der Waals surface area contributed by atoms with Gasteiger partial charge in [-0.25, -0.2) is 4.39 Å². The van der Waals surface area contributed by atoms with E-state index in [2.05, 4.69) is 15.9 Å². The third kappa shape index (κ3) is 3.36. The zero-order chi connectivity index (χ0) is 15.6. The molecule has 0 aliphatic carbocycles. The van der Waals surface area contributed by atoms with Crippen molar-refractivity contribution in [2.24, 2.45) is 5.73 Å². The van der Waals surface area contributed by atoms with Crippen molar-refractivity contribution in [3.05, 3.63) is 57.3 Å². The molecule has 2 aromatic rings. The second-order valence-corrected chi connectivity index (χ2v) is 5.68. The van der Waals surface area contributed by atoms with Gasteiger partial charge in [0.25, 0.3) is 0 Å². The average molecular weight is 354 g/mol. The summed E-state index contributed by atoms with van der Waals surface area (Å²) in [5.41, 5.74) is 8.46. The molecule has 5 heteroatoms. The second-order valence-electron chi connectivity index (χ2n) is 4.77. The minimum atomic E-state index is -0.582. The molecule has 0 bridgehead atoms. The molecule has 0 heterocycles. The molecule has 3 nitrogen and oxygen atoms in total. The van der Waals surface area contributed by atoms with Crippen molar-refractivity contribution in [1.82, 2.24) is 0 Å². The summed E-state index contributed by atoms with van der Waals surface area (Å²) in [6, 6.07) is 8.08. The molecule has 1 atom stereocenters. The van der Waals surface area contributed by atoms with Gasteiger partial charge in [0.05, 0.1) is 20.3 Å². The molecule has 0 aliphatic heterocycles. The van der Waals surface area contributed by atoms with E-state index in [0.717, 1.165) is 15.6 Å². The van der Waals surface area contributed by atoms with Crippen LogP contribution in [0.2, 0.25) is 0 Å². The third-order valence-corrected chi connectivity index (χ3v) is 3.72. The average Bonchev–Trinajstić information content (AvgIpc) is 2.45. The van der Waals surface area contributed by atoms with Crippen molar-refractivity contribution in [1.29, 1.82) is 0 Å². The number of hydrogen-bond donors (Lipinski definition) is 1. The van der Waals surface area contributed by atoms with E-state index in [4.69, 9.17) is 15.2 Å². The summed E-state index contributed by atoms with van der Waals surface area (Å²) in [6.07, 6.45) is 0. The van der Waals surface area contributed by atoms with E-state index in [9.17, 15) is 4.39 Å². The van der Waals surface area contributed by atoms with E-state index in [-0.39, 0.29) is 0 Å². The highest BCUT2D eigenvalue weighted by molar-refractivity contribution is 9.10. The Balaban J connectivity index is 2.49. The molecule has 0 amide bonds. The number of ether oxygens (including phenoxy) is 2. The minimum absolute atomic E-state index is 0.344. The van der Waals surface area contributed by atoms with Gasteiger partial charge in [0.15, 0.2) is 11.5 Å². The smallest absolute Gasteiger partial charge is 0.163 e. The molecule has 1 unspecified atom stereocenters. The maximum atomic E-state index is 14.3. The van der Waals surface area contributed by atoms with Gasteiger partial charge in [-0.15, -0.1) is 0 Å². The molecule has 0 saturated carbocycles. The first-order valence-corrected chi connectivity index (χ1v) is 7.19. The first-order chi connectivity index (χ1) is 9.96. The Labute approximate surface area is 132 Å². The monoisotopic (exact) mass is 353 g/mol. The lowest BCUT2D eigenvalue weighted by atomic mass is 9.97. The lowest BCUT2D eigenvalue weighted by Crippen LogP contribution is -2.14. The fourth-order valence-electron chi connectivity index (χ4n) is 2.23. The summed E-state index contributed by atoms with van der Waals surface area (Å²) in [5.74, 6) is 0.380. The largest absolute Gasteiger partial charge is 0.493 e. The lowest BCUT2D eigenvalue weighted by molar-refractivity contribution is 0.351. The highest BCUT2D eigenvalue weighted by atomic mass is 79.9. The van der Waals surface area contributed by atoms with E-state index < -0.39 is 11.9 Å². The fourth-order valence-corrected chi connectivity index (χ4v) is 2.86. The van der Waals surface area contributed by atoms with Crippen LogP contribution < -0.4 is 15.2 Å². The predicted octanol–water partition coefficient (Wildman–Crippen LogP) is 3.96. The zero-order valence-electron chi connectivity index (χ0n) is 12.1. The first-order valence-electron chi connectivity index (χ1n) is 6.40. The summed E-state index contributed by atoms with van der Waals surface area (Å²) in [6.45, 7) is 1.96. The SMILES string of the molecule is COc1cc(F)c(C(N)c2cc(C)cc(Br)c2)cc1OC. The molecular weight excluding hydrogens is 337 g/mol. The number of rotatable bonds is 4. The summed E-state index contributed by atoms with van der Waals surface area (Å²) in [7, 11) is 2.98. The number of hydrogen-bond acceptors (Lipinski definition) is 3. The molecule has 0 saturated heterocycles. The van der Waals surface area contributed by atoms with E-state index in [1.54, 1.807) is 6.07 Å². The summed E-state index contributed by atoms with van der Waals surface area (Å²) < 4.78 is 25.5. The van der Waals surface area contributed by atoms with Gasteiger partial charge in [-0.05, 0) is 36.2 Å². The number of halogens is 2. The van der Waals surface area contributed by atoms with E-state index in [1.165, 1.54) is 20.3 Å². The quantitative estimate of drug-likeness (QED) is 0.904. The van der Waals surface area contributed by atoms with Gasteiger partial charge in [0.2, 0.25) is 0 Å². The maximum absolute atomic E-state index is 14.3. The molecule has 112 valence electrons. The van der Waals surface area contributed by atoms with Crippen molar-refractivity contribution in [2.75, 3.05) is 14.2 Å². The van der Waals surface area contributed by atoms with E-state index in [0.29, 0.717) is 17.1 Å². The van der Waals surface area contributed by atoms with Crippen LogP contribution in [0.25, 0.3) is 0 Å². The van der Waals surface area contributed by atoms with Gasteiger partial charge in [-0.3, -0.25) is 0 Å². The van der Waals surface area contributed by atoms with Crippen molar-refractivity contribution in [2.45, 2.75) is 13.0 Å². The van der Waals surface area contributed by atoms with Gasteiger partial charge in [-0.1, -0.05) is 22.0 Å². The van der Waals surface area contributed by atoms with Crippen LogP contribution >= 0.6 is 15.9 Å². The number of methoxy groups -OCH3 is 2. The molecule has 0 aliphatic rings. The second kappa shape index (κ2) is 6.45. The Morgan fingerprint density at radius 1 is 1.05 bits per heavy atom. The van der Waals surface area contributed by atoms with Crippen molar-refractivity contribution in [3.63, 3.8) is 0 Å². The van der Waals surface area contributed by atoms with Crippen LogP contribution in [0.5, 0.6) is 11.5 Å². The van der Waals surface area contributed by atoms with E-state index >= 15 is 0 Å². The van der Waals surface area contributed by atoms with Crippen molar-refractivity contribution >= 4 is 15.9 Å². The molecule has 0 fully saturated rings. The van der Waals surface area contributed by atoms with Crippen LogP contribution in [0.1, 0.15) is 22.7 Å². The van der Waals surface area contributed by atoms with Crippen LogP contribution in [0.4, 0.5) is 4.39 Å². The molecule has 0 radical (unpaired) electrons. The predicted molar refractivity (Wildman–Crippen MR) is 84.4 cm³/mol. The van der Waals surface area contributed by atoms with Gasteiger partial charge >= 0.3 is 0 Å². The summed E-state index contributed by atoms with van der Waals surface area (Å²) >= 11 is 3.43. The van der Waals surface area contributed by atoms with Crippen molar-refractivity contribution < 1.29 is 13.9 Å². The van der Waals surface area contributed by atoms with Gasteiger partial charge in [-0.2, -0.15) is 0 Å². The Kier molecular flexibility index (Phi) is 4.85. The normalized spacial score (nSPS) is 12.1. The topological polar surface area (TPSA) is 44.5 Å². The Hall–Kier alpha value is -1.59. The Morgan fingerprint density at radius 2 is 1.67 bits per heavy atom. The number of nitrogens with two attached hydrogens (primary N) is 1. The molecule has 2 N–H and O–H groups in total. The van der Waals surface area contributed by atoms with Crippen molar-refractivity contribution in [3.8, 4) is 11.5 Å². The number of benzene rings is 2. The molecule has 21 heavy (non-hydrogen) atoms. The highest BCUT2D eigenvalue weighted by Crippen LogP contribution is 2.34. The lowest BCUT2D eigenvalue weighted by Gasteiger charge is -2.17. The third-order valence-electron chi connectivity index (χ3n) is 3.26. The van der Waals surface area contributed by atoms with Gasteiger partial charge in [0, 0.05) is 16.1 Å². The molecule has 2 rings (SSSR count). The number of aryl methyl sites for hydroxylation is 1. The highest BCUT2D eigenvalue weighted by Gasteiger charge is 2.18. The van der Waals surface area contributed by atoms with Crippen LogP contribution in [0.3, 0.4) is 0 Å². The Bertz CT molecular complexity index is 641. The molecule has 0 spiro atoms. The molecule has 0 aromatic heterocycles. The standard InChI is InChI=1S/C16H17BrFNO2/c1-9-4-10(6-11(17)5-9)16(19)12-7-14(20-2)15(21-3)8-13(12)18/h4-8,16H,19H2,1-3H3. The first kappa shape index (κ1) is 15.8. The van der Waals surface area contributed by atoms with Gasteiger partial charge in [0.1, 0.15) is 5.82 Å². The molecular formula is C16H17BrFNO2. The summed E-state index contributed by atoms with van der Waals surface area (Å²) in [5, 5.41) is 0. The van der Waals surface area contributed by atoms with Crippen LogP contribution in [-0.4, -0.2) is 14.2 Å². The van der Waals surface area contributed by atoms with Crippen LogP contribution in [-0.2, 0) is 0 Å². The van der Waals surface area contributed by atoms with Crippen LogP contribution in [0, 0.1) is 12.7 Å². The minimum Gasteiger partial charge on any atom is -0.493 e. The van der Waals surface area contributed by atoms with Crippen LogP contribution in [0.15, 0.2) is 34.8 Å². The van der Waals surface area contributed by atoms with E-state index in [1.807, 2.05) is 25.1 Å². The zero-order valence-corrected chi connectivity index (χ0v) is 13.7. The fraction of sp³-hybridized carbons (Fsp3) is 0.250.